The molecule has 2 aromatic rings. The maximum atomic E-state index is 13.0. The Morgan fingerprint density at radius 2 is 2.06 bits per heavy atom. The van der Waals surface area contributed by atoms with Gasteiger partial charge in [-0.3, -0.25) is 0 Å². The first kappa shape index (κ1) is 11.8. The van der Waals surface area contributed by atoms with Crippen molar-refractivity contribution in [3.05, 3.63) is 55.9 Å². The maximum absolute atomic E-state index is 13.0. The minimum absolute atomic E-state index is 0.207. The van der Waals surface area contributed by atoms with E-state index in [-0.39, 0.29) is 11.9 Å². The number of aryl methyl sites for hydroxylation is 1. The first-order valence-corrected chi connectivity index (χ1v) is 6.51. The highest BCUT2D eigenvalue weighted by molar-refractivity contribution is 9.10. The highest BCUT2D eigenvalue weighted by Crippen LogP contribution is 2.30. The first-order valence-electron chi connectivity index (χ1n) is 4.84. The molecule has 1 atom stereocenters. The molecule has 16 heavy (non-hydrogen) atoms. The molecular weight excluding hydrogens is 289 g/mol. The van der Waals surface area contributed by atoms with E-state index in [9.17, 15) is 4.39 Å². The van der Waals surface area contributed by atoms with Crippen LogP contribution in [0.1, 0.15) is 22.0 Å². The molecule has 0 amide bonds. The Bertz CT molecular complexity index is 509. The van der Waals surface area contributed by atoms with Crippen LogP contribution in [0.25, 0.3) is 0 Å². The van der Waals surface area contributed by atoms with Crippen LogP contribution < -0.4 is 5.73 Å². The summed E-state index contributed by atoms with van der Waals surface area (Å²) in [7, 11) is 0. The van der Waals surface area contributed by atoms with Crippen molar-refractivity contribution in [3.63, 3.8) is 0 Å². The smallest absolute Gasteiger partial charge is 0.124 e. The Balaban J connectivity index is 2.41. The van der Waals surface area contributed by atoms with E-state index in [1.54, 1.807) is 17.4 Å². The van der Waals surface area contributed by atoms with Gasteiger partial charge in [0.2, 0.25) is 0 Å². The van der Waals surface area contributed by atoms with Gasteiger partial charge in [0.25, 0.3) is 0 Å². The zero-order valence-electron chi connectivity index (χ0n) is 8.71. The van der Waals surface area contributed by atoms with E-state index in [2.05, 4.69) is 15.9 Å². The number of rotatable bonds is 2. The molecule has 0 aliphatic carbocycles. The molecule has 1 unspecified atom stereocenters. The molecular formula is C12H11BrFNS. The number of hydrogen-bond donors (Lipinski definition) is 1. The standard InChI is InChI=1S/C12H11BrFNS/c1-7-9(4-5-16-7)12(15)10-3-2-8(14)6-11(10)13/h2-6,12H,15H2,1H3. The van der Waals surface area contributed by atoms with Crippen LogP contribution in [0, 0.1) is 12.7 Å². The normalized spacial score (nSPS) is 12.8. The first-order chi connectivity index (χ1) is 7.59. The molecule has 0 aliphatic rings. The number of benzene rings is 1. The largest absolute Gasteiger partial charge is 0.320 e. The van der Waals surface area contributed by atoms with Crippen molar-refractivity contribution >= 4 is 27.3 Å². The summed E-state index contributed by atoms with van der Waals surface area (Å²) in [5.41, 5.74) is 8.17. The van der Waals surface area contributed by atoms with E-state index >= 15 is 0 Å². The molecule has 0 saturated heterocycles. The molecule has 0 bridgehead atoms. The quantitative estimate of drug-likeness (QED) is 0.891. The average molecular weight is 300 g/mol. The molecule has 0 spiro atoms. The lowest BCUT2D eigenvalue weighted by Crippen LogP contribution is -2.12. The van der Waals surface area contributed by atoms with Crippen molar-refractivity contribution in [3.8, 4) is 0 Å². The van der Waals surface area contributed by atoms with Crippen molar-refractivity contribution in [2.24, 2.45) is 5.73 Å². The van der Waals surface area contributed by atoms with Crippen LogP contribution in [-0.2, 0) is 0 Å². The van der Waals surface area contributed by atoms with Gasteiger partial charge in [0, 0.05) is 9.35 Å². The van der Waals surface area contributed by atoms with Gasteiger partial charge in [-0.2, -0.15) is 0 Å². The van der Waals surface area contributed by atoms with Crippen molar-refractivity contribution in [1.29, 1.82) is 0 Å². The van der Waals surface area contributed by atoms with Gasteiger partial charge in [0.15, 0.2) is 0 Å². The fourth-order valence-corrected chi connectivity index (χ4v) is 2.99. The molecule has 4 heteroatoms. The van der Waals surface area contributed by atoms with Gasteiger partial charge in [0.1, 0.15) is 5.82 Å². The Kier molecular flexibility index (Phi) is 3.42. The van der Waals surface area contributed by atoms with Crippen LogP contribution in [0.4, 0.5) is 4.39 Å². The zero-order chi connectivity index (χ0) is 11.7. The van der Waals surface area contributed by atoms with Crippen molar-refractivity contribution in [2.45, 2.75) is 13.0 Å². The van der Waals surface area contributed by atoms with Gasteiger partial charge < -0.3 is 5.73 Å². The van der Waals surface area contributed by atoms with Crippen LogP contribution in [0.3, 0.4) is 0 Å². The maximum Gasteiger partial charge on any atom is 0.124 e. The molecule has 0 radical (unpaired) electrons. The predicted molar refractivity (Wildman–Crippen MR) is 69.2 cm³/mol. The van der Waals surface area contributed by atoms with Crippen LogP contribution in [0.5, 0.6) is 0 Å². The van der Waals surface area contributed by atoms with Gasteiger partial charge in [-0.1, -0.05) is 22.0 Å². The van der Waals surface area contributed by atoms with E-state index in [1.165, 1.54) is 17.0 Å². The molecule has 1 heterocycles. The van der Waals surface area contributed by atoms with Crippen LogP contribution in [0.15, 0.2) is 34.1 Å². The summed E-state index contributed by atoms with van der Waals surface area (Å²) in [5.74, 6) is -0.259. The van der Waals surface area contributed by atoms with Crippen molar-refractivity contribution in [2.75, 3.05) is 0 Å². The van der Waals surface area contributed by atoms with E-state index in [1.807, 2.05) is 18.4 Å². The van der Waals surface area contributed by atoms with Crippen LogP contribution in [-0.4, -0.2) is 0 Å². The Morgan fingerprint density at radius 3 is 2.62 bits per heavy atom. The van der Waals surface area contributed by atoms with Crippen molar-refractivity contribution in [1.82, 2.24) is 0 Å². The summed E-state index contributed by atoms with van der Waals surface area (Å²) in [5, 5.41) is 2.02. The predicted octanol–water partition coefficient (Wildman–Crippen LogP) is 4.01. The number of halogens is 2. The SMILES string of the molecule is Cc1sccc1C(N)c1ccc(F)cc1Br. The van der Waals surface area contributed by atoms with Crippen LogP contribution in [0.2, 0.25) is 0 Å². The minimum Gasteiger partial charge on any atom is -0.320 e. The molecule has 2 N–H and O–H groups in total. The van der Waals surface area contributed by atoms with E-state index in [0.717, 1.165) is 11.1 Å². The summed E-state index contributed by atoms with van der Waals surface area (Å²) in [6, 6.07) is 6.40. The van der Waals surface area contributed by atoms with Gasteiger partial charge in [-0.05, 0) is 41.6 Å². The summed E-state index contributed by atoms with van der Waals surface area (Å²) in [6.07, 6.45) is 0. The lowest BCUT2D eigenvalue weighted by molar-refractivity contribution is 0.625. The topological polar surface area (TPSA) is 26.0 Å². The fraction of sp³-hybridized carbons (Fsp3) is 0.167. The fourth-order valence-electron chi connectivity index (χ4n) is 1.64. The number of nitrogens with two attached hydrogens (primary N) is 1. The highest BCUT2D eigenvalue weighted by atomic mass is 79.9. The van der Waals surface area contributed by atoms with Gasteiger partial charge >= 0.3 is 0 Å². The van der Waals surface area contributed by atoms with E-state index < -0.39 is 0 Å². The Labute approximate surface area is 106 Å². The second-order valence-corrected chi connectivity index (χ2v) is 5.55. The third-order valence-corrected chi connectivity index (χ3v) is 4.08. The lowest BCUT2D eigenvalue weighted by atomic mass is 10.0. The molecule has 84 valence electrons. The molecule has 0 fully saturated rings. The summed E-state index contributed by atoms with van der Waals surface area (Å²) in [4.78, 5) is 1.20. The molecule has 1 aromatic carbocycles. The number of hydrogen-bond acceptors (Lipinski definition) is 2. The Morgan fingerprint density at radius 1 is 1.31 bits per heavy atom. The number of thiophene rings is 1. The monoisotopic (exact) mass is 299 g/mol. The highest BCUT2D eigenvalue weighted by Gasteiger charge is 2.15. The van der Waals surface area contributed by atoms with Gasteiger partial charge in [0.05, 0.1) is 6.04 Å². The lowest BCUT2D eigenvalue weighted by Gasteiger charge is -2.14. The summed E-state index contributed by atoms with van der Waals surface area (Å²) >= 11 is 5.01. The minimum atomic E-state index is -0.259. The molecule has 0 saturated carbocycles. The third-order valence-electron chi connectivity index (χ3n) is 2.53. The zero-order valence-corrected chi connectivity index (χ0v) is 11.1. The second kappa shape index (κ2) is 4.65. The third kappa shape index (κ3) is 2.19. The average Bonchev–Trinajstić information content (AvgIpc) is 2.63. The Hall–Kier alpha value is -0.710. The van der Waals surface area contributed by atoms with E-state index in [4.69, 9.17) is 5.73 Å². The summed E-state index contributed by atoms with van der Waals surface area (Å²) < 4.78 is 13.7. The summed E-state index contributed by atoms with van der Waals surface area (Å²) in [6.45, 7) is 2.04. The van der Waals surface area contributed by atoms with Crippen molar-refractivity contribution < 1.29 is 4.39 Å². The second-order valence-electron chi connectivity index (χ2n) is 3.58. The van der Waals surface area contributed by atoms with Crippen LogP contribution >= 0.6 is 27.3 Å². The molecule has 0 aliphatic heterocycles. The van der Waals surface area contributed by atoms with Gasteiger partial charge in [-0.25, -0.2) is 4.39 Å². The van der Waals surface area contributed by atoms with Gasteiger partial charge in [-0.15, -0.1) is 11.3 Å². The molecule has 2 rings (SSSR count). The molecule has 1 nitrogen and oxygen atoms in total. The molecule has 1 aromatic heterocycles. The van der Waals surface area contributed by atoms with E-state index in [0.29, 0.717) is 4.47 Å².